The van der Waals surface area contributed by atoms with E-state index in [1.165, 1.54) is 11.1 Å². The summed E-state index contributed by atoms with van der Waals surface area (Å²) in [5.74, 6) is -0.679. The number of fused-ring (bicyclic) bond motifs is 1. The van der Waals surface area contributed by atoms with Gasteiger partial charge < -0.3 is 5.32 Å². The predicted octanol–water partition coefficient (Wildman–Crippen LogP) is 1.30. The minimum absolute atomic E-state index is 0.159. The smallest absolute Gasteiger partial charge is 0.242 e. The maximum Gasteiger partial charge on any atom is 0.242 e. The topological polar surface area (TPSA) is 71.1 Å². The lowest BCUT2D eigenvalue weighted by atomic mass is 10.1. The molecule has 0 spiro atoms. The van der Waals surface area contributed by atoms with Crippen molar-refractivity contribution in [3.8, 4) is 0 Å². The molecule has 0 amide bonds. The number of nitrogens with one attached hydrogen (secondary N) is 2. The standard InChI is InChI=1S/C14H14FN3O2S/c15-13-4-14(9-17-8-13)21(19,20)18-5-10-1-2-11-6-16-7-12(11)3-10/h1-4,8-9,16,18H,5-7H2. The second-order valence-corrected chi connectivity index (χ2v) is 6.64. The van der Waals surface area contributed by atoms with Crippen LogP contribution in [0.2, 0.25) is 0 Å². The first-order chi connectivity index (χ1) is 10.0. The monoisotopic (exact) mass is 307 g/mol. The summed E-state index contributed by atoms with van der Waals surface area (Å²) in [7, 11) is -3.76. The minimum atomic E-state index is -3.76. The molecule has 1 aliphatic heterocycles. The molecule has 0 unspecified atom stereocenters. The quantitative estimate of drug-likeness (QED) is 0.893. The van der Waals surface area contributed by atoms with Crippen molar-refractivity contribution in [2.75, 3.05) is 0 Å². The van der Waals surface area contributed by atoms with E-state index in [-0.39, 0.29) is 11.4 Å². The van der Waals surface area contributed by atoms with Crippen molar-refractivity contribution in [2.24, 2.45) is 0 Å². The van der Waals surface area contributed by atoms with Crippen LogP contribution in [0.25, 0.3) is 0 Å². The summed E-state index contributed by atoms with van der Waals surface area (Å²) in [4.78, 5) is 3.37. The van der Waals surface area contributed by atoms with Gasteiger partial charge in [0.25, 0.3) is 0 Å². The number of aromatic nitrogens is 1. The van der Waals surface area contributed by atoms with Crippen LogP contribution in [0, 0.1) is 5.82 Å². The number of hydrogen-bond acceptors (Lipinski definition) is 4. The van der Waals surface area contributed by atoms with Crippen LogP contribution in [0.15, 0.2) is 41.6 Å². The average Bonchev–Trinajstić information content (AvgIpc) is 2.93. The first-order valence-electron chi connectivity index (χ1n) is 6.46. The molecular weight excluding hydrogens is 293 g/mol. The molecule has 3 rings (SSSR count). The van der Waals surface area contributed by atoms with Crippen molar-refractivity contribution in [2.45, 2.75) is 24.5 Å². The third-order valence-corrected chi connectivity index (χ3v) is 4.73. The molecule has 0 atom stereocenters. The first kappa shape index (κ1) is 14.1. The van der Waals surface area contributed by atoms with Crippen molar-refractivity contribution < 1.29 is 12.8 Å². The Labute approximate surface area is 122 Å². The van der Waals surface area contributed by atoms with E-state index in [4.69, 9.17) is 0 Å². The van der Waals surface area contributed by atoms with Gasteiger partial charge in [-0.05, 0) is 22.8 Å². The first-order valence-corrected chi connectivity index (χ1v) is 7.94. The summed E-state index contributed by atoms with van der Waals surface area (Å²) in [5, 5.41) is 3.23. The molecule has 0 saturated carbocycles. The maximum atomic E-state index is 13.0. The summed E-state index contributed by atoms with van der Waals surface area (Å²) in [6.07, 6.45) is 2.09. The van der Waals surface area contributed by atoms with Crippen molar-refractivity contribution in [3.63, 3.8) is 0 Å². The van der Waals surface area contributed by atoms with Crippen LogP contribution >= 0.6 is 0 Å². The zero-order valence-corrected chi connectivity index (χ0v) is 12.0. The number of nitrogens with zero attached hydrogens (tertiary/aromatic N) is 1. The molecule has 2 N–H and O–H groups in total. The highest BCUT2D eigenvalue weighted by molar-refractivity contribution is 7.89. The fourth-order valence-electron chi connectivity index (χ4n) is 2.26. The van der Waals surface area contributed by atoms with Gasteiger partial charge in [-0.3, -0.25) is 4.98 Å². The van der Waals surface area contributed by atoms with Crippen LogP contribution in [0.5, 0.6) is 0 Å². The molecule has 0 radical (unpaired) electrons. The number of hydrogen-bond donors (Lipinski definition) is 2. The highest BCUT2D eigenvalue weighted by atomic mass is 32.2. The molecule has 0 saturated heterocycles. The van der Waals surface area contributed by atoms with Crippen LogP contribution in [0.1, 0.15) is 16.7 Å². The number of pyridine rings is 1. The number of sulfonamides is 1. The number of benzene rings is 1. The third-order valence-electron chi connectivity index (χ3n) is 3.36. The van der Waals surface area contributed by atoms with E-state index in [0.717, 1.165) is 37.1 Å². The van der Waals surface area contributed by atoms with Crippen LogP contribution in [0.4, 0.5) is 4.39 Å². The van der Waals surface area contributed by atoms with Crippen molar-refractivity contribution in [3.05, 3.63) is 59.2 Å². The van der Waals surface area contributed by atoms with E-state index in [2.05, 4.69) is 15.0 Å². The molecule has 110 valence electrons. The van der Waals surface area contributed by atoms with Crippen LogP contribution in [-0.2, 0) is 29.7 Å². The Morgan fingerprint density at radius 3 is 2.81 bits per heavy atom. The van der Waals surface area contributed by atoms with Gasteiger partial charge in [-0.2, -0.15) is 0 Å². The molecule has 2 aromatic rings. The summed E-state index contributed by atoms with van der Waals surface area (Å²) in [5.41, 5.74) is 3.28. The highest BCUT2D eigenvalue weighted by Gasteiger charge is 2.16. The van der Waals surface area contributed by atoms with Gasteiger partial charge in [-0.1, -0.05) is 18.2 Å². The van der Waals surface area contributed by atoms with Gasteiger partial charge in [0.05, 0.1) is 6.20 Å². The zero-order valence-electron chi connectivity index (χ0n) is 11.1. The Morgan fingerprint density at radius 2 is 2.00 bits per heavy atom. The molecule has 1 aliphatic rings. The normalized spacial score (nSPS) is 14.1. The minimum Gasteiger partial charge on any atom is -0.309 e. The van der Waals surface area contributed by atoms with E-state index in [0.29, 0.717) is 0 Å². The number of halogens is 1. The summed E-state index contributed by atoms with van der Waals surface area (Å²) in [6.45, 7) is 1.80. The van der Waals surface area contributed by atoms with Gasteiger partial charge in [0.2, 0.25) is 10.0 Å². The molecule has 1 aromatic carbocycles. The zero-order chi connectivity index (χ0) is 14.9. The second kappa shape index (κ2) is 5.51. The van der Waals surface area contributed by atoms with E-state index in [1.54, 1.807) is 0 Å². The third kappa shape index (κ3) is 3.10. The summed E-state index contributed by atoms with van der Waals surface area (Å²) >= 11 is 0. The molecule has 1 aromatic heterocycles. The van der Waals surface area contributed by atoms with Gasteiger partial charge in [-0.25, -0.2) is 17.5 Å². The molecule has 0 bridgehead atoms. The molecular formula is C14H14FN3O2S. The SMILES string of the molecule is O=S(=O)(NCc1ccc2c(c1)CNC2)c1cncc(F)c1. The average molecular weight is 307 g/mol. The maximum absolute atomic E-state index is 13.0. The van der Waals surface area contributed by atoms with Crippen molar-refractivity contribution >= 4 is 10.0 Å². The molecule has 21 heavy (non-hydrogen) atoms. The summed E-state index contributed by atoms with van der Waals surface area (Å²) < 4.78 is 39.6. The van der Waals surface area contributed by atoms with Gasteiger partial charge in [0.1, 0.15) is 10.7 Å². The Kier molecular flexibility index (Phi) is 3.71. The lowest BCUT2D eigenvalue weighted by molar-refractivity contribution is 0.575. The lowest BCUT2D eigenvalue weighted by Crippen LogP contribution is -2.23. The molecule has 0 fully saturated rings. The number of rotatable bonds is 4. The van der Waals surface area contributed by atoms with Gasteiger partial charge in [0, 0.05) is 25.8 Å². The molecule has 5 nitrogen and oxygen atoms in total. The Bertz CT molecular complexity index is 778. The van der Waals surface area contributed by atoms with Gasteiger partial charge in [0.15, 0.2) is 0 Å². The van der Waals surface area contributed by atoms with E-state index in [9.17, 15) is 12.8 Å². The molecule has 7 heteroatoms. The van der Waals surface area contributed by atoms with Crippen molar-refractivity contribution in [1.82, 2.24) is 15.0 Å². The molecule has 2 heterocycles. The molecule has 0 aliphatic carbocycles. The fourth-order valence-corrected chi connectivity index (χ4v) is 3.25. The van der Waals surface area contributed by atoms with E-state index in [1.807, 2.05) is 18.2 Å². The largest absolute Gasteiger partial charge is 0.309 e. The Hall–Kier alpha value is -1.83. The Morgan fingerprint density at radius 1 is 1.19 bits per heavy atom. The second-order valence-electron chi connectivity index (χ2n) is 4.87. The van der Waals surface area contributed by atoms with Crippen LogP contribution in [0.3, 0.4) is 0 Å². The lowest BCUT2D eigenvalue weighted by Gasteiger charge is -2.08. The highest BCUT2D eigenvalue weighted by Crippen LogP contribution is 2.17. The van der Waals surface area contributed by atoms with E-state index >= 15 is 0 Å². The fraction of sp³-hybridized carbons (Fsp3) is 0.214. The van der Waals surface area contributed by atoms with Gasteiger partial charge in [-0.15, -0.1) is 0 Å². The Balaban J connectivity index is 1.75. The van der Waals surface area contributed by atoms with Gasteiger partial charge >= 0.3 is 0 Å². The van der Waals surface area contributed by atoms with Crippen molar-refractivity contribution in [1.29, 1.82) is 0 Å². The summed E-state index contributed by atoms with van der Waals surface area (Å²) in [6, 6.07) is 6.80. The predicted molar refractivity (Wildman–Crippen MR) is 75.2 cm³/mol. The van der Waals surface area contributed by atoms with E-state index < -0.39 is 15.8 Å². The van der Waals surface area contributed by atoms with Crippen LogP contribution in [-0.4, -0.2) is 13.4 Å². The van der Waals surface area contributed by atoms with Crippen LogP contribution < -0.4 is 10.0 Å².